The van der Waals surface area contributed by atoms with Crippen LogP contribution in [0.4, 0.5) is 0 Å². The Morgan fingerprint density at radius 1 is 1.06 bits per heavy atom. The first-order chi connectivity index (χ1) is 8.64. The van der Waals surface area contributed by atoms with E-state index in [1.807, 2.05) is 0 Å². The molecule has 1 aliphatic heterocycles. The summed E-state index contributed by atoms with van der Waals surface area (Å²) in [4.78, 5) is 12.8. The number of ether oxygens (including phenoxy) is 1. The highest BCUT2D eigenvalue weighted by molar-refractivity contribution is 5.87. The quantitative estimate of drug-likeness (QED) is 0.743. The van der Waals surface area contributed by atoms with Crippen LogP contribution in [0.25, 0.3) is 0 Å². The summed E-state index contributed by atoms with van der Waals surface area (Å²) in [6.45, 7) is 3.03. The van der Waals surface area contributed by atoms with E-state index >= 15 is 0 Å². The highest BCUT2D eigenvalue weighted by Gasteiger charge is 2.47. The van der Waals surface area contributed by atoms with Crippen molar-refractivity contribution in [3.05, 3.63) is 0 Å². The van der Waals surface area contributed by atoms with E-state index < -0.39 is 0 Å². The minimum Gasteiger partial charge on any atom is -0.375 e. The lowest BCUT2D eigenvalue weighted by atomic mass is 9.64. The predicted molar refractivity (Wildman–Crippen MR) is 71.5 cm³/mol. The number of Topliss-reactive ketones (excluding diaryl/α,β-unsaturated/α-hetero) is 1. The fourth-order valence-electron chi connectivity index (χ4n) is 4.24. The molecule has 18 heavy (non-hydrogen) atoms. The maximum Gasteiger partial charge on any atom is 0.142 e. The Balaban J connectivity index is 1.67. The molecule has 3 aliphatic rings. The maximum atomic E-state index is 12.8. The fourth-order valence-corrected chi connectivity index (χ4v) is 4.24. The van der Waals surface area contributed by atoms with Crippen LogP contribution in [0, 0.1) is 11.3 Å². The third-order valence-electron chi connectivity index (χ3n) is 5.68. The van der Waals surface area contributed by atoms with E-state index in [1.54, 1.807) is 0 Å². The summed E-state index contributed by atoms with van der Waals surface area (Å²) >= 11 is 0. The van der Waals surface area contributed by atoms with Crippen molar-refractivity contribution in [2.75, 3.05) is 6.61 Å². The van der Waals surface area contributed by atoms with Crippen molar-refractivity contribution in [2.45, 2.75) is 76.7 Å². The van der Waals surface area contributed by atoms with Crippen molar-refractivity contribution in [3.8, 4) is 0 Å². The molecule has 3 fully saturated rings. The van der Waals surface area contributed by atoms with Gasteiger partial charge in [-0.25, -0.2) is 0 Å². The second-order valence-electron chi connectivity index (χ2n) is 7.06. The van der Waals surface area contributed by atoms with Crippen LogP contribution in [0.5, 0.6) is 0 Å². The van der Waals surface area contributed by atoms with Crippen molar-refractivity contribution in [2.24, 2.45) is 11.3 Å². The topological polar surface area (TPSA) is 26.3 Å². The summed E-state index contributed by atoms with van der Waals surface area (Å²) in [5.41, 5.74) is 0.106. The minimum absolute atomic E-state index is 0.00874. The summed E-state index contributed by atoms with van der Waals surface area (Å²) < 4.78 is 5.95. The molecule has 0 radical (unpaired) electrons. The molecule has 1 atom stereocenters. The molecule has 102 valence electrons. The van der Waals surface area contributed by atoms with Crippen LogP contribution < -0.4 is 0 Å². The zero-order chi connectivity index (χ0) is 12.6. The normalized spacial score (nSPS) is 33.9. The van der Waals surface area contributed by atoms with E-state index in [0.29, 0.717) is 11.7 Å². The number of carbonyl (C=O) groups excluding carboxylic acids is 1. The van der Waals surface area contributed by atoms with Gasteiger partial charge in [-0.05, 0) is 44.9 Å². The van der Waals surface area contributed by atoms with Gasteiger partial charge < -0.3 is 4.74 Å². The first-order valence-electron chi connectivity index (χ1n) is 7.82. The zero-order valence-electron chi connectivity index (χ0n) is 11.7. The molecule has 1 spiro atoms. The summed E-state index contributed by atoms with van der Waals surface area (Å²) in [6.07, 6.45) is 11.7. The Hall–Kier alpha value is -0.370. The second-order valence-corrected chi connectivity index (χ2v) is 7.06. The van der Waals surface area contributed by atoms with Crippen molar-refractivity contribution in [3.63, 3.8) is 0 Å². The molecule has 2 nitrogen and oxygen atoms in total. The average Bonchev–Trinajstić information content (AvgIpc) is 2.37. The lowest BCUT2D eigenvalue weighted by molar-refractivity contribution is -0.162. The van der Waals surface area contributed by atoms with Crippen molar-refractivity contribution < 1.29 is 9.53 Å². The number of ketones is 1. The first-order valence-corrected chi connectivity index (χ1v) is 7.82. The summed E-state index contributed by atoms with van der Waals surface area (Å²) in [5, 5.41) is 0. The van der Waals surface area contributed by atoms with Crippen LogP contribution in [-0.4, -0.2) is 18.0 Å². The molecule has 1 saturated heterocycles. The van der Waals surface area contributed by atoms with Gasteiger partial charge in [0, 0.05) is 17.9 Å². The van der Waals surface area contributed by atoms with Gasteiger partial charge in [-0.2, -0.15) is 0 Å². The van der Waals surface area contributed by atoms with Gasteiger partial charge in [0.2, 0.25) is 0 Å². The highest BCUT2D eigenvalue weighted by Crippen LogP contribution is 2.47. The van der Waals surface area contributed by atoms with Gasteiger partial charge in [0.15, 0.2) is 0 Å². The van der Waals surface area contributed by atoms with Crippen molar-refractivity contribution >= 4 is 5.78 Å². The molecular formula is C16H26O2. The molecule has 2 aliphatic carbocycles. The van der Waals surface area contributed by atoms with Crippen molar-refractivity contribution in [1.82, 2.24) is 0 Å². The molecule has 0 bridgehead atoms. The largest absolute Gasteiger partial charge is 0.375 e. The third kappa shape index (κ3) is 2.13. The lowest BCUT2D eigenvalue weighted by Crippen LogP contribution is -2.49. The maximum absolute atomic E-state index is 12.8. The van der Waals surface area contributed by atoms with Gasteiger partial charge in [-0.1, -0.05) is 26.2 Å². The van der Waals surface area contributed by atoms with Crippen LogP contribution in [0.15, 0.2) is 0 Å². The van der Waals surface area contributed by atoms with Gasteiger partial charge in [0.1, 0.15) is 5.78 Å². The van der Waals surface area contributed by atoms with Crippen LogP contribution in [0.2, 0.25) is 0 Å². The van der Waals surface area contributed by atoms with Crippen molar-refractivity contribution in [1.29, 1.82) is 0 Å². The van der Waals surface area contributed by atoms with E-state index in [-0.39, 0.29) is 11.0 Å². The highest BCUT2D eigenvalue weighted by atomic mass is 16.5. The van der Waals surface area contributed by atoms with E-state index in [2.05, 4.69) is 6.92 Å². The molecule has 2 heteroatoms. The van der Waals surface area contributed by atoms with E-state index in [9.17, 15) is 4.79 Å². The van der Waals surface area contributed by atoms with Gasteiger partial charge in [0.25, 0.3) is 0 Å². The van der Waals surface area contributed by atoms with Gasteiger partial charge in [-0.15, -0.1) is 0 Å². The number of hydrogen-bond donors (Lipinski definition) is 0. The number of rotatable bonds is 2. The smallest absolute Gasteiger partial charge is 0.142 e. The van der Waals surface area contributed by atoms with Crippen LogP contribution >= 0.6 is 0 Å². The summed E-state index contributed by atoms with van der Waals surface area (Å²) in [5.74, 6) is 0.860. The molecule has 1 unspecified atom stereocenters. The molecule has 0 aromatic rings. The van der Waals surface area contributed by atoms with Crippen LogP contribution in [0.1, 0.15) is 71.1 Å². The second kappa shape index (κ2) is 4.63. The minimum atomic E-state index is -0.00874. The molecule has 2 saturated carbocycles. The fraction of sp³-hybridized carbons (Fsp3) is 0.938. The van der Waals surface area contributed by atoms with Crippen LogP contribution in [-0.2, 0) is 9.53 Å². The molecule has 0 aromatic heterocycles. The number of hydrogen-bond acceptors (Lipinski definition) is 2. The molecular weight excluding hydrogens is 224 g/mol. The Labute approximate surface area is 110 Å². The molecule has 1 heterocycles. The van der Waals surface area contributed by atoms with Gasteiger partial charge in [0.05, 0.1) is 5.60 Å². The first kappa shape index (κ1) is 12.7. The van der Waals surface area contributed by atoms with E-state index in [0.717, 1.165) is 32.3 Å². The van der Waals surface area contributed by atoms with E-state index in [4.69, 9.17) is 4.74 Å². The molecule has 0 amide bonds. The molecule has 0 N–H and O–H groups in total. The Bertz CT molecular complexity index is 324. The average molecular weight is 250 g/mol. The third-order valence-corrected chi connectivity index (χ3v) is 5.68. The Morgan fingerprint density at radius 2 is 1.78 bits per heavy atom. The Kier molecular flexibility index (Phi) is 3.25. The summed E-state index contributed by atoms with van der Waals surface area (Å²) in [6, 6.07) is 0. The standard InChI is InChI=1S/C16H26O2/c1-15(7-3-2-4-8-15)14(17)13-6-11-18-16(12-13)9-5-10-16/h13H,2-12H2,1H3. The monoisotopic (exact) mass is 250 g/mol. The Morgan fingerprint density at radius 3 is 2.39 bits per heavy atom. The zero-order valence-corrected chi connectivity index (χ0v) is 11.7. The molecule has 0 aromatic carbocycles. The lowest BCUT2D eigenvalue weighted by Gasteiger charge is -2.48. The number of carbonyl (C=O) groups is 1. The van der Waals surface area contributed by atoms with Gasteiger partial charge in [-0.3, -0.25) is 4.79 Å². The summed E-state index contributed by atoms with van der Waals surface area (Å²) in [7, 11) is 0. The SMILES string of the molecule is CC1(C(=O)C2CCOC3(CCC3)C2)CCCCC1. The van der Waals surface area contributed by atoms with Crippen LogP contribution in [0.3, 0.4) is 0 Å². The molecule has 3 rings (SSSR count). The van der Waals surface area contributed by atoms with Gasteiger partial charge >= 0.3 is 0 Å². The van der Waals surface area contributed by atoms with E-state index in [1.165, 1.54) is 38.5 Å². The predicted octanol–water partition coefficient (Wildman–Crippen LogP) is 3.88.